The first-order valence-corrected chi connectivity index (χ1v) is 12.3. The van der Waals surface area contributed by atoms with Crippen LogP contribution in [0.3, 0.4) is 0 Å². The lowest BCUT2D eigenvalue weighted by atomic mass is 10.1. The number of carbonyl (C=O) groups is 1. The number of nitrogens with zero attached hydrogens (tertiary/aromatic N) is 5. The summed E-state index contributed by atoms with van der Waals surface area (Å²) in [6.07, 6.45) is 5.26. The number of fused-ring (bicyclic) bond motifs is 2. The summed E-state index contributed by atoms with van der Waals surface area (Å²) < 4.78 is 3.62. The summed E-state index contributed by atoms with van der Waals surface area (Å²) in [4.78, 5) is 26.2. The molecule has 5 rings (SSSR count). The van der Waals surface area contributed by atoms with E-state index in [4.69, 9.17) is 0 Å². The van der Waals surface area contributed by atoms with Gasteiger partial charge in [0.25, 0.3) is 11.5 Å². The molecule has 1 aliphatic heterocycles. The first-order chi connectivity index (χ1) is 17.0. The number of hydrogen-bond acceptors (Lipinski definition) is 5. The summed E-state index contributed by atoms with van der Waals surface area (Å²) in [5.74, 6) is 1.99. The Morgan fingerprint density at radius 1 is 1.00 bits per heavy atom. The van der Waals surface area contributed by atoms with Gasteiger partial charge in [-0.25, -0.2) is 4.68 Å². The van der Waals surface area contributed by atoms with Gasteiger partial charge >= 0.3 is 0 Å². The van der Waals surface area contributed by atoms with Crippen LogP contribution in [0, 0.1) is 5.92 Å². The summed E-state index contributed by atoms with van der Waals surface area (Å²) in [6, 6.07) is 14.8. The van der Waals surface area contributed by atoms with E-state index in [1.807, 2.05) is 36.4 Å². The quantitative estimate of drug-likeness (QED) is 0.442. The molecular formula is C27H30N6O2. The van der Waals surface area contributed by atoms with Crippen LogP contribution in [-0.4, -0.2) is 30.5 Å². The molecular weight excluding hydrogens is 440 g/mol. The molecule has 8 heteroatoms. The van der Waals surface area contributed by atoms with E-state index < -0.39 is 0 Å². The molecule has 0 bridgehead atoms. The Kier molecular flexibility index (Phi) is 6.44. The SMILES string of the molecule is CC(C)CCn1nc(C(=O)Nc2ccc(-c3nnc4n3CCCCC4)cc2)c2ccccc2c1=O. The summed E-state index contributed by atoms with van der Waals surface area (Å²) in [5.41, 5.74) is 1.69. The average Bonchev–Trinajstić information content (AvgIpc) is 3.12. The molecule has 1 aliphatic rings. The fourth-order valence-electron chi connectivity index (χ4n) is 4.53. The molecule has 4 aromatic rings. The molecule has 0 saturated carbocycles. The van der Waals surface area contributed by atoms with Gasteiger partial charge in [0, 0.05) is 36.1 Å². The molecule has 3 heterocycles. The summed E-state index contributed by atoms with van der Waals surface area (Å²) >= 11 is 0. The Hall–Kier alpha value is -3.81. The average molecular weight is 471 g/mol. The van der Waals surface area contributed by atoms with Crippen molar-refractivity contribution in [2.75, 3.05) is 5.32 Å². The number of hydrogen-bond donors (Lipinski definition) is 1. The van der Waals surface area contributed by atoms with Gasteiger partial charge in [0.1, 0.15) is 5.82 Å². The molecule has 0 atom stereocenters. The van der Waals surface area contributed by atoms with E-state index in [0.717, 1.165) is 49.4 Å². The van der Waals surface area contributed by atoms with Crippen LogP contribution >= 0.6 is 0 Å². The molecule has 180 valence electrons. The van der Waals surface area contributed by atoms with E-state index in [9.17, 15) is 9.59 Å². The Bertz CT molecular complexity index is 1420. The van der Waals surface area contributed by atoms with Crippen LogP contribution in [0.2, 0.25) is 0 Å². The summed E-state index contributed by atoms with van der Waals surface area (Å²) in [5, 5.41) is 17.2. The first kappa shape index (κ1) is 23.0. The Morgan fingerprint density at radius 3 is 2.54 bits per heavy atom. The van der Waals surface area contributed by atoms with E-state index in [-0.39, 0.29) is 17.2 Å². The van der Waals surface area contributed by atoms with E-state index in [1.165, 1.54) is 11.1 Å². The number of anilines is 1. The van der Waals surface area contributed by atoms with E-state index in [0.29, 0.717) is 28.9 Å². The third-order valence-corrected chi connectivity index (χ3v) is 6.51. The zero-order valence-corrected chi connectivity index (χ0v) is 20.2. The highest BCUT2D eigenvalue weighted by atomic mass is 16.2. The van der Waals surface area contributed by atoms with Gasteiger partial charge < -0.3 is 9.88 Å². The van der Waals surface area contributed by atoms with Crippen LogP contribution < -0.4 is 10.9 Å². The van der Waals surface area contributed by atoms with Gasteiger partial charge in [0.15, 0.2) is 11.5 Å². The normalized spacial score (nSPS) is 13.6. The molecule has 8 nitrogen and oxygen atoms in total. The highest BCUT2D eigenvalue weighted by molar-refractivity contribution is 6.11. The van der Waals surface area contributed by atoms with Gasteiger partial charge in [-0.15, -0.1) is 10.2 Å². The molecule has 0 aliphatic carbocycles. The van der Waals surface area contributed by atoms with Crippen molar-refractivity contribution < 1.29 is 4.79 Å². The van der Waals surface area contributed by atoms with Gasteiger partial charge in [-0.3, -0.25) is 9.59 Å². The number of rotatable bonds is 6. The molecule has 0 saturated heterocycles. The number of benzene rings is 2. The lowest BCUT2D eigenvalue weighted by molar-refractivity contribution is 0.102. The molecule has 2 aromatic heterocycles. The third-order valence-electron chi connectivity index (χ3n) is 6.51. The highest BCUT2D eigenvalue weighted by Crippen LogP contribution is 2.24. The maximum Gasteiger partial charge on any atom is 0.276 e. The topological polar surface area (TPSA) is 94.7 Å². The van der Waals surface area contributed by atoms with Crippen LogP contribution in [-0.2, 0) is 19.5 Å². The zero-order valence-electron chi connectivity index (χ0n) is 20.2. The monoisotopic (exact) mass is 470 g/mol. The van der Waals surface area contributed by atoms with Gasteiger partial charge in [0.05, 0.1) is 5.39 Å². The number of aryl methyl sites for hydroxylation is 2. The van der Waals surface area contributed by atoms with Crippen molar-refractivity contribution in [2.24, 2.45) is 5.92 Å². The van der Waals surface area contributed by atoms with Crippen molar-refractivity contribution in [1.82, 2.24) is 24.5 Å². The van der Waals surface area contributed by atoms with Crippen molar-refractivity contribution in [3.8, 4) is 11.4 Å². The standard InChI is InChI=1S/C27H30N6O2/c1-18(2)15-17-33-27(35)22-9-6-5-8-21(22)24(31-33)26(34)28-20-13-11-19(12-14-20)25-30-29-23-10-4-3-7-16-32(23)25/h5-6,8-9,11-14,18H,3-4,7,10,15-17H2,1-2H3,(H,28,34). The predicted molar refractivity (Wildman–Crippen MR) is 136 cm³/mol. The minimum atomic E-state index is -0.344. The lowest BCUT2D eigenvalue weighted by Gasteiger charge is -2.12. The largest absolute Gasteiger partial charge is 0.321 e. The second-order valence-electron chi connectivity index (χ2n) is 9.54. The van der Waals surface area contributed by atoms with Crippen molar-refractivity contribution in [3.63, 3.8) is 0 Å². The fraction of sp³-hybridized carbons (Fsp3) is 0.370. The molecule has 0 fully saturated rings. The minimum absolute atomic E-state index is 0.172. The van der Waals surface area contributed by atoms with Gasteiger partial charge in [0.2, 0.25) is 0 Å². The van der Waals surface area contributed by atoms with Gasteiger partial charge in [-0.05, 0) is 55.5 Å². The second kappa shape index (κ2) is 9.82. The Balaban J connectivity index is 1.41. The van der Waals surface area contributed by atoms with Crippen molar-refractivity contribution in [1.29, 1.82) is 0 Å². The van der Waals surface area contributed by atoms with E-state index >= 15 is 0 Å². The Labute approximate surface area is 204 Å². The van der Waals surface area contributed by atoms with Crippen LogP contribution in [0.5, 0.6) is 0 Å². The molecule has 35 heavy (non-hydrogen) atoms. The molecule has 0 unspecified atom stereocenters. The van der Waals surface area contributed by atoms with Crippen LogP contribution in [0.25, 0.3) is 22.2 Å². The van der Waals surface area contributed by atoms with Crippen molar-refractivity contribution in [2.45, 2.75) is 59.0 Å². The molecule has 0 radical (unpaired) electrons. The maximum absolute atomic E-state index is 13.3. The van der Waals surface area contributed by atoms with Crippen molar-refractivity contribution >= 4 is 22.4 Å². The highest BCUT2D eigenvalue weighted by Gasteiger charge is 2.18. The van der Waals surface area contributed by atoms with Gasteiger partial charge in [-0.2, -0.15) is 5.10 Å². The maximum atomic E-state index is 13.3. The number of amides is 1. The molecule has 1 amide bonds. The summed E-state index contributed by atoms with van der Waals surface area (Å²) in [7, 11) is 0. The zero-order chi connectivity index (χ0) is 24.4. The third kappa shape index (κ3) is 4.73. The fourth-order valence-corrected chi connectivity index (χ4v) is 4.53. The molecule has 2 aromatic carbocycles. The second-order valence-corrected chi connectivity index (χ2v) is 9.54. The predicted octanol–water partition coefficient (Wildman–Crippen LogP) is 4.68. The van der Waals surface area contributed by atoms with Crippen LogP contribution in [0.1, 0.15) is 55.8 Å². The number of nitrogens with one attached hydrogen (secondary N) is 1. The smallest absolute Gasteiger partial charge is 0.276 e. The lowest BCUT2D eigenvalue weighted by Crippen LogP contribution is -2.28. The van der Waals surface area contributed by atoms with E-state index in [1.54, 1.807) is 12.1 Å². The van der Waals surface area contributed by atoms with Crippen molar-refractivity contribution in [3.05, 3.63) is 70.4 Å². The van der Waals surface area contributed by atoms with Crippen LogP contribution in [0.15, 0.2) is 53.3 Å². The van der Waals surface area contributed by atoms with E-state index in [2.05, 4.69) is 39.0 Å². The first-order valence-electron chi connectivity index (χ1n) is 12.3. The summed E-state index contributed by atoms with van der Waals surface area (Å²) in [6.45, 7) is 5.60. The Morgan fingerprint density at radius 2 is 1.77 bits per heavy atom. The van der Waals surface area contributed by atoms with Crippen LogP contribution in [0.4, 0.5) is 5.69 Å². The number of aromatic nitrogens is 5. The number of carbonyl (C=O) groups excluding carboxylic acids is 1. The molecule has 1 N–H and O–H groups in total. The molecule has 0 spiro atoms. The van der Waals surface area contributed by atoms with Gasteiger partial charge in [-0.1, -0.05) is 38.5 Å². The minimum Gasteiger partial charge on any atom is -0.321 e.